The van der Waals surface area contributed by atoms with E-state index in [0.29, 0.717) is 22.1 Å². The molecule has 0 saturated heterocycles. The first-order valence-corrected chi connectivity index (χ1v) is 11.3. The molecule has 0 fully saturated rings. The zero-order chi connectivity index (χ0) is 23.1. The molecule has 3 heterocycles. The first-order valence-electron chi connectivity index (χ1n) is 10.3. The molecule has 0 saturated carbocycles. The van der Waals surface area contributed by atoms with E-state index in [0.717, 1.165) is 22.3 Å². The summed E-state index contributed by atoms with van der Waals surface area (Å²) in [5.41, 5.74) is 3.97. The van der Waals surface area contributed by atoms with Gasteiger partial charge in [-0.2, -0.15) is 4.68 Å². The highest BCUT2D eigenvalue weighted by Gasteiger charge is 2.23. The normalized spacial score (nSPS) is 11.4. The van der Waals surface area contributed by atoms with Gasteiger partial charge in [-0.25, -0.2) is 4.68 Å². The number of fused-ring (bicyclic) bond motifs is 1. The Bertz CT molecular complexity index is 1540. The van der Waals surface area contributed by atoms with Crippen LogP contribution in [0.1, 0.15) is 21.7 Å². The van der Waals surface area contributed by atoms with Gasteiger partial charge in [0.1, 0.15) is 0 Å². The van der Waals surface area contributed by atoms with Crippen LogP contribution in [-0.2, 0) is 7.05 Å². The van der Waals surface area contributed by atoms with Gasteiger partial charge < -0.3 is 4.98 Å². The van der Waals surface area contributed by atoms with Crippen LogP contribution in [0.4, 0.5) is 0 Å². The van der Waals surface area contributed by atoms with Gasteiger partial charge in [0, 0.05) is 29.2 Å². The van der Waals surface area contributed by atoms with Crippen LogP contribution < -0.4 is 5.56 Å². The molecule has 5 aromatic rings. The minimum absolute atomic E-state index is 0.0315. The Kier molecular flexibility index (Phi) is 5.21. The van der Waals surface area contributed by atoms with E-state index in [1.807, 2.05) is 75.5 Å². The first-order chi connectivity index (χ1) is 16.0. The summed E-state index contributed by atoms with van der Waals surface area (Å²) in [6, 6.07) is 17.1. The number of aryl methyl sites for hydroxylation is 1. The van der Waals surface area contributed by atoms with E-state index in [2.05, 4.69) is 20.5 Å². The predicted molar refractivity (Wildman–Crippen MR) is 127 cm³/mol. The average molecular weight is 460 g/mol. The van der Waals surface area contributed by atoms with E-state index >= 15 is 0 Å². The van der Waals surface area contributed by atoms with Crippen LogP contribution in [0.2, 0.25) is 0 Å². The van der Waals surface area contributed by atoms with Crippen molar-refractivity contribution >= 4 is 28.4 Å². The number of benzene rings is 2. The second-order valence-corrected chi connectivity index (χ2v) is 8.61. The number of nitrogens with one attached hydrogen (secondary N) is 1. The molecule has 1 N–H and O–H groups in total. The molecule has 0 unspecified atom stereocenters. The van der Waals surface area contributed by atoms with Crippen molar-refractivity contribution in [3.05, 3.63) is 81.9 Å². The molecule has 0 radical (unpaired) electrons. The Morgan fingerprint density at radius 2 is 1.79 bits per heavy atom. The zero-order valence-electron chi connectivity index (χ0n) is 18.3. The van der Waals surface area contributed by atoms with E-state index in [4.69, 9.17) is 0 Å². The fourth-order valence-electron chi connectivity index (χ4n) is 4.05. The first kappa shape index (κ1) is 21.0. The topological polar surface area (TPSA) is 103 Å². The summed E-state index contributed by atoms with van der Waals surface area (Å²) in [6.07, 6.45) is 0. The van der Waals surface area contributed by atoms with Gasteiger partial charge in [-0.05, 0) is 42.5 Å². The number of H-pyrrole nitrogens is 1. The Labute approximate surface area is 193 Å². The highest BCUT2D eigenvalue weighted by atomic mass is 32.2. The fraction of sp³-hybridized carbons (Fsp3) is 0.174. The van der Waals surface area contributed by atoms with Crippen molar-refractivity contribution < 1.29 is 4.79 Å². The number of nitrogens with zero attached hydrogens (tertiary/aromatic N) is 6. The molecule has 3 aromatic heterocycles. The molecule has 0 atom stereocenters. The number of Topliss-reactive ketones (excluding diaryl/α,β-unsaturated/α-hetero) is 1. The molecule has 2 aromatic carbocycles. The SMILES string of the molecule is Cc1[nH]c2ccccc2c1C(=O)CSc1nnnn1-c1c(C)n(C)n(-c2ccccc2)c1=O. The number of thioether (sulfide) groups is 1. The van der Waals surface area contributed by atoms with Crippen molar-refractivity contribution in [1.82, 2.24) is 34.6 Å². The van der Waals surface area contributed by atoms with Crippen LogP contribution in [-0.4, -0.2) is 46.1 Å². The Morgan fingerprint density at radius 3 is 2.58 bits per heavy atom. The predicted octanol–water partition coefficient (Wildman–Crippen LogP) is 3.22. The minimum Gasteiger partial charge on any atom is -0.358 e. The molecule has 0 aliphatic rings. The number of para-hydroxylation sites is 2. The smallest absolute Gasteiger partial charge is 0.297 e. The van der Waals surface area contributed by atoms with Gasteiger partial charge in [-0.15, -0.1) is 5.10 Å². The molecule has 0 spiro atoms. The van der Waals surface area contributed by atoms with Gasteiger partial charge in [0.2, 0.25) is 5.16 Å². The van der Waals surface area contributed by atoms with E-state index in [9.17, 15) is 9.59 Å². The van der Waals surface area contributed by atoms with Crippen molar-refractivity contribution in [2.24, 2.45) is 7.05 Å². The van der Waals surface area contributed by atoms with Crippen molar-refractivity contribution in [2.45, 2.75) is 19.0 Å². The summed E-state index contributed by atoms with van der Waals surface area (Å²) in [5.74, 6) is 0.109. The lowest BCUT2D eigenvalue weighted by atomic mass is 10.1. The molecule has 5 rings (SSSR count). The number of carbonyl (C=O) groups excluding carboxylic acids is 1. The lowest BCUT2D eigenvalue weighted by Crippen LogP contribution is -2.22. The average Bonchev–Trinajstić information content (AvgIpc) is 3.47. The molecule has 166 valence electrons. The van der Waals surface area contributed by atoms with Crippen LogP contribution in [0.25, 0.3) is 22.3 Å². The number of hydrogen-bond donors (Lipinski definition) is 1. The largest absolute Gasteiger partial charge is 0.358 e. The molecule has 0 aliphatic carbocycles. The van der Waals surface area contributed by atoms with Crippen molar-refractivity contribution in [3.8, 4) is 11.4 Å². The minimum atomic E-state index is -0.242. The van der Waals surface area contributed by atoms with Gasteiger partial charge in [0.15, 0.2) is 11.5 Å². The van der Waals surface area contributed by atoms with Crippen molar-refractivity contribution in [1.29, 1.82) is 0 Å². The van der Waals surface area contributed by atoms with Crippen LogP contribution in [0, 0.1) is 13.8 Å². The third-order valence-electron chi connectivity index (χ3n) is 5.68. The van der Waals surface area contributed by atoms with Gasteiger partial charge in [0.25, 0.3) is 5.56 Å². The van der Waals surface area contributed by atoms with E-state index in [-0.39, 0.29) is 17.1 Å². The maximum Gasteiger partial charge on any atom is 0.297 e. The summed E-state index contributed by atoms with van der Waals surface area (Å²) < 4.78 is 4.75. The van der Waals surface area contributed by atoms with E-state index < -0.39 is 0 Å². The van der Waals surface area contributed by atoms with E-state index in [1.165, 1.54) is 16.4 Å². The fourth-order valence-corrected chi connectivity index (χ4v) is 4.79. The number of tetrazole rings is 1. The summed E-state index contributed by atoms with van der Waals surface area (Å²) >= 11 is 1.21. The third-order valence-corrected chi connectivity index (χ3v) is 6.60. The number of hydrogen-bond acceptors (Lipinski definition) is 6. The van der Waals surface area contributed by atoms with Crippen molar-refractivity contribution in [2.75, 3.05) is 5.75 Å². The number of aromatic nitrogens is 7. The van der Waals surface area contributed by atoms with Crippen LogP contribution in [0.3, 0.4) is 0 Å². The standard InChI is InChI=1S/C23H21N7O2S/c1-14-20(17-11-7-8-12-18(17)24-14)19(31)13-33-23-25-26-27-29(23)21-15(2)28(3)30(22(21)32)16-9-5-4-6-10-16/h4-12,24H,13H2,1-3H3. The van der Waals surface area contributed by atoms with Crippen LogP contribution >= 0.6 is 11.8 Å². The molecule has 0 bridgehead atoms. The van der Waals surface area contributed by atoms with Crippen molar-refractivity contribution in [3.63, 3.8) is 0 Å². The monoisotopic (exact) mass is 459 g/mol. The van der Waals surface area contributed by atoms with Gasteiger partial charge in [0.05, 0.1) is 17.1 Å². The maximum absolute atomic E-state index is 13.3. The van der Waals surface area contributed by atoms with Crippen LogP contribution in [0.5, 0.6) is 0 Å². The lowest BCUT2D eigenvalue weighted by molar-refractivity contribution is 0.102. The Morgan fingerprint density at radius 1 is 1.06 bits per heavy atom. The van der Waals surface area contributed by atoms with E-state index in [1.54, 1.807) is 9.36 Å². The maximum atomic E-state index is 13.3. The molecule has 0 amide bonds. The molecular formula is C23H21N7O2S. The second kappa shape index (κ2) is 8.21. The third kappa shape index (κ3) is 3.48. The van der Waals surface area contributed by atoms with Gasteiger partial charge in [-0.1, -0.05) is 48.2 Å². The van der Waals surface area contributed by atoms with Crippen LogP contribution in [0.15, 0.2) is 64.5 Å². The highest BCUT2D eigenvalue weighted by Crippen LogP contribution is 2.26. The Balaban J connectivity index is 1.47. The Hall–Kier alpha value is -3.92. The molecular weight excluding hydrogens is 438 g/mol. The molecule has 33 heavy (non-hydrogen) atoms. The number of ketones is 1. The number of aromatic amines is 1. The molecule has 0 aliphatic heterocycles. The quantitative estimate of drug-likeness (QED) is 0.309. The van der Waals surface area contributed by atoms with Gasteiger partial charge in [-0.3, -0.25) is 14.3 Å². The zero-order valence-corrected chi connectivity index (χ0v) is 19.1. The molecule has 10 heteroatoms. The summed E-state index contributed by atoms with van der Waals surface area (Å²) in [6.45, 7) is 3.73. The van der Waals surface area contributed by atoms with Gasteiger partial charge >= 0.3 is 0 Å². The summed E-state index contributed by atoms with van der Waals surface area (Å²) in [4.78, 5) is 29.7. The number of rotatable bonds is 6. The summed E-state index contributed by atoms with van der Waals surface area (Å²) in [7, 11) is 1.81. The highest BCUT2D eigenvalue weighted by molar-refractivity contribution is 7.99. The number of carbonyl (C=O) groups is 1. The molecule has 9 nitrogen and oxygen atoms in total. The second-order valence-electron chi connectivity index (χ2n) is 7.67. The summed E-state index contributed by atoms with van der Waals surface area (Å²) in [5, 5.41) is 13.2. The lowest BCUT2D eigenvalue weighted by Gasteiger charge is -2.07.